The van der Waals surface area contributed by atoms with E-state index in [-0.39, 0.29) is 21.9 Å². The van der Waals surface area contributed by atoms with E-state index in [0.29, 0.717) is 18.7 Å². The lowest BCUT2D eigenvalue weighted by atomic mass is 10.2. The number of carboxylic acid groups (broad SMARTS) is 1. The largest absolute Gasteiger partial charge is 0.478 e. The fraction of sp³-hybridized carbons (Fsp3) is 0.188. The number of nitrogens with one attached hydrogen (secondary N) is 1. The zero-order chi connectivity index (χ0) is 18.9. The topological polar surface area (TPSA) is 121 Å². The van der Waals surface area contributed by atoms with E-state index in [0.717, 1.165) is 6.07 Å². The van der Waals surface area contributed by atoms with Crippen molar-refractivity contribution in [3.8, 4) is 0 Å². The van der Waals surface area contributed by atoms with Gasteiger partial charge in [-0.3, -0.25) is 9.03 Å². The molecule has 1 saturated heterocycles. The van der Waals surface area contributed by atoms with Crippen molar-refractivity contribution in [1.82, 2.24) is 0 Å². The molecule has 2 aromatic carbocycles. The Morgan fingerprint density at radius 3 is 2.38 bits per heavy atom. The highest BCUT2D eigenvalue weighted by molar-refractivity contribution is 7.93. The molecule has 26 heavy (non-hydrogen) atoms. The Bertz CT molecular complexity index is 1050. The summed E-state index contributed by atoms with van der Waals surface area (Å²) in [5.41, 5.74) is 0.576. The predicted octanol–water partition coefficient (Wildman–Crippen LogP) is 1.73. The van der Waals surface area contributed by atoms with Crippen LogP contribution in [0.25, 0.3) is 0 Å². The molecule has 0 aliphatic carbocycles. The van der Waals surface area contributed by atoms with Crippen LogP contribution in [0.1, 0.15) is 16.8 Å². The zero-order valence-electron chi connectivity index (χ0n) is 13.5. The van der Waals surface area contributed by atoms with Crippen molar-refractivity contribution < 1.29 is 26.7 Å². The third kappa shape index (κ3) is 3.65. The Labute approximate surface area is 151 Å². The van der Waals surface area contributed by atoms with Crippen molar-refractivity contribution in [2.75, 3.05) is 21.3 Å². The number of benzene rings is 2. The lowest BCUT2D eigenvalue weighted by molar-refractivity contribution is 0.0696. The van der Waals surface area contributed by atoms with Crippen LogP contribution < -0.4 is 9.03 Å². The van der Waals surface area contributed by atoms with Crippen molar-refractivity contribution in [3.63, 3.8) is 0 Å². The van der Waals surface area contributed by atoms with Crippen LogP contribution in [0.3, 0.4) is 0 Å². The summed E-state index contributed by atoms with van der Waals surface area (Å²) in [6, 6.07) is 11.0. The second-order valence-electron chi connectivity index (χ2n) is 5.73. The number of rotatable bonds is 5. The maximum atomic E-state index is 12.4. The molecule has 2 aromatic rings. The van der Waals surface area contributed by atoms with Crippen molar-refractivity contribution in [3.05, 3.63) is 54.1 Å². The van der Waals surface area contributed by atoms with E-state index in [1.165, 1.54) is 46.8 Å². The Morgan fingerprint density at radius 1 is 1.12 bits per heavy atom. The molecule has 0 bridgehead atoms. The maximum absolute atomic E-state index is 12.4. The van der Waals surface area contributed by atoms with Crippen LogP contribution in [0.4, 0.5) is 11.4 Å². The summed E-state index contributed by atoms with van der Waals surface area (Å²) < 4.78 is 52.3. The number of anilines is 2. The Morgan fingerprint density at radius 2 is 1.81 bits per heavy atom. The molecule has 0 spiro atoms. The van der Waals surface area contributed by atoms with E-state index in [1.807, 2.05) is 0 Å². The third-order valence-corrected chi connectivity index (χ3v) is 7.15. The second-order valence-corrected chi connectivity index (χ2v) is 9.42. The number of carbonyl (C=O) groups is 1. The van der Waals surface area contributed by atoms with Gasteiger partial charge < -0.3 is 5.11 Å². The Balaban J connectivity index is 1.82. The van der Waals surface area contributed by atoms with Crippen LogP contribution in [0.5, 0.6) is 0 Å². The first-order chi connectivity index (χ1) is 12.2. The van der Waals surface area contributed by atoms with E-state index in [1.54, 1.807) is 0 Å². The van der Waals surface area contributed by atoms with Crippen LogP contribution in [0.2, 0.25) is 0 Å². The molecule has 8 nitrogen and oxygen atoms in total. The predicted molar refractivity (Wildman–Crippen MR) is 96.4 cm³/mol. The van der Waals surface area contributed by atoms with Crippen molar-refractivity contribution in [2.24, 2.45) is 0 Å². The summed E-state index contributed by atoms with van der Waals surface area (Å²) in [6.07, 6.45) is 0.552. The molecule has 0 radical (unpaired) electrons. The summed E-state index contributed by atoms with van der Waals surface area (Å²) in [5.74, 6) is -1.13. The van der Waals surface area contributed by atoms with Gasteiger partial charge in [-0.1, -0.05) is 6.07 Å². The summed E-state index contributed by atoms with van der Waals surface area (Å²) in [6.45, 7) is 0.398. The average Bonchev–Trinajstić information content (AvgIpc) is 2.94. The van der Waals surface area contributed by atoms with E-state index >= 15 is 0 Å². The normalized spacial score (nSPS) is 16.4. The molecule has 1 fully saturated rings. The van der Waals surface area contributed by atoms with Crippen LogP contribution >= 0.6 is 0 Å². The minimum atomic E-state index is -3.97. The standard InChI is InChI=1S/C16H16N2O6S2/c19-16(20)12-3-1-4-15(11-12)26(23,24)17-13-5-7-14(8-6-13)18-9-2-10-25(18,21)22/h1,3-8,11,17H,2,9-10H2,(H,19,20). The van der Waals surface area contributed by atoms with Gasteiger partial charge in [-0.2, -0.15) is 0 Å². The SMILES string of the molecule is O=C(O)c1cccc(S(=O)(=O)Nc2ccc(N3CCCS3(=O)=O)cc2)c1. The van der Waals surface area contributed by atoms with Gasteiger partial charge in [0.1, 0.15) is 0 Å². The van der Waals surface area contributed by atoms with Gasteiger partial charge in [0.05, 0.1) is 21.9 Å². The molecule has 1 aliphatic rings. The van der Waals surface area contributed by atoms with Crippen molar-refractivity contribution in [1.29, 1.82) is 0 Å². The van der Waals surface area contributed by atoms with Gasteiger partial charge in [-0.25, -0.2) is 21.6 Å². The Hall–Kier alpha value is -2.59. The fourth-order valence-electron chi connectivity index (χ4n) is 2.64. The minimum Gasteiger partial charge on any atom is -0.478 e. The average molecular weight is 396 g/mol. The number of hydrogen-bond donors (Lipinski definition) is 2. The number of sulfonamides is 2. The van der Waals surface area contributed by atoms with Gasteiger partial charge in [0.25, 0.3) is 10.0 Å². The second kappa shape index (κ2) is 6.61. The van der Waals surface area contributed by atoms with Crippen LogP contribution in [-0.4, -0.2) is 40.2 Å². The highest BCUT2D eigenvalue weighted by Crippen LogP contribution is 2.26. The van der Waals surface area contributed by atoms with E-state index in [2.05, 4.69) is 4.72 Å². The monoisotopic (exact) mass is 396 g/mol. The quantitative estimate of drug-likeness (QED) is 0.794. The van der Waals surface area contributed by atoms with E-state index in [4.69, 9.17) is 5.11 Å². The Kier molecular flexibility index (Phi) is 4.63. The zero-order valence-corrected chi connectivity index (χ0v) is 15.1. The fourth-order valence-corrected chi connectivity index (χ4v) is 5.30. The number of aromatic carboxylic acids is 1. The van der Waals surface area contributed by atoms with Gasteiger partial charge in [0.2, 0.25) is 10.0 Å². The van der Waals surface area contributed by atoms with Gasteiger partial charge in [0.15, 0.2) is 0 Å². The van der Waals surface area contributed by atoms with E-state index in [9.17, 15) is 21.6 Å². The summed E-state index contributed by atoms with van der Waals surface area (Å²) in [7, 11) is -7.27. The molecule has 138 valence electrons. The highest BCUT2D eigenvalue weighted by Gasteiger charge is 2.28. The van der Waals surface area contributed by atoms with Gasteiger partial charge >= 0.3 is 5.97 Å². The molecule has 0 atom stereocenters. The first-order valence-electron chi connectivity index (χ1n) is 7.66. The van der Waals surface area contributed by atoms with Crippen molar-refractivity contribution in [2.45, 2.75) is 11.3 Å². The molecule has 0 amide bonds. The van der Waals surface area contributed by atoms with Gasteiger partial charge in [0, 0.05) is 12.2 Å². The molecule has 1 heterocycles. The lowest BCUT2D eigenvalue weighted by Gasteiger charge is -2.17. The summed E-state index contributed by atoms with van der Waals surface area (Å²) in [5, 5.41) is 8.97. The molecule has 0 unspecified atom stereocenters. The smallest absolute Gasteiger partial charge is 0.335 e. The highest BCUT2D eigenvalue weighted by atomic mass is 32.2. The molecule has 10 heteroatoms. The van der Waals surface area contributed by atoms with Crippen LogP contribution in [0, 0.1) is 0 Å². The first kappa shape index (κ1) is 18.2. The summed E-state index contributed by atoms with van der Waals surface area (Å²) in [4.78, 5) is 10.8. The first-order valence-corrected chi connectivity index (χ1v) is 10.7. The molecule has 0 saturated carbocycles. The number of nitrogens with zero attached hydrogens (tertiary/aromatic N) is 1. The third-order valence-electron chi connectivity index (χ3n) is 3.90. The van der Waals surface area contributed by atoms with Crippen molar-refractivity contribution >= 4 is 37.4 Å². The molecule has 0 aromatic heterocycles. The molecular formula is C16H16N2O6S2. The minimum absolute atomic E-state index is 0.0985. The molecular weight excluding hydrogens is 380 g/mol. The van der Waals surface area contributed by atoms with E-state index < -0.39 is 26.0 Å². The number of hydrogen-bond acceptors (Lipinski definition) is 5. The number of carboxylic acids is 1. The van der Waals surface area contributed by atoms with Crippen LogP contribution in [0.15, 0.2) is 53.4 Å². The molecule has 3 rings (SSSR count). The van der Waals surface area contributed by atoms with Gasteiger partial charge in [-0.05, 0) is 48.9 Å². The summed E-state index contributed by atoms with van der Waals surface area (Å²) >= 11 is 0. The van der Waals surface area contributed by atoms with Gasteiger partial charge in [-0.15, -0.1) is 0 Å². The lowest BCUT2D eigenvalue weighted by Crippen LogP contribution is -2.25. The maximum Gasteiger partial charge on any atom is 0.335 e. The molecule has 2 N–H and O–H groups in total. The van der Waals surface area contributed by atoms with Crippen LogP contribution in [-0.2, 0) is 20.0 Å². The molecule has 1 aliphatic heterocycles.